The highest BCUT2D eigenvalue weighted by molar-refractivity contribution is 5.82. The summed E-state index contributed by atoms with van der Waals surface area (Å²) >= 11 is 0. The zero-order chi connectivity index (χ0) is 40.2. The Morgan fingerprint density at radius 2 is 0.981 bits per heavy atom. The molecule has 0 aromatic heterocycles. The van der Waals surface area contributed by atoms with Crippen LogP contribution in [0.15, 0.2) is 30.3 Å². The number of amides is 3. The molecule has 1 rings (SSSR count). The maximum Gasteiger partial charge on any atom is 0.408 e. The normalized spacial score (nSPS) is 12.9. The molecule has 2 atom stereocenters. The van der Waals surface area contributed by atoms with Gasteiger partial charge in [-0.1, -0.05) is 30.3 Å². The lowest BCUT2D eigenvalue weighted by Gasteiger charge is -2.26. The molecule has 0 aliphatic rings. The van der Waals surface area contributed by atoms with Crippen LogP contribution in [-0.2, 0) is 39.9 Å². The number of hydrogen-bond donors (Lipinski definition) is 4. The van der Waals surface area contributed by atoms with Crippen molar-refractivity contribution in [1.29, 1.82) is 0 Å². The molecule has 1 aromatic rings. The molecule has 0 radical (unpaired) electrons. The van der Waals surface area contributed by atoms with Crippen LogP contribution in [0.2, 0.25) is 0 Å². The van der Waals surface area contributed by atoms with Crippen LogP contribution in [0.4, 0.5) is 14.4 Å². The van der Waals surface area contributed by atoms with Gasteiger partial charge in [0.25, 0.3) is 0 Å². The summed E-state index contributed by atoms with van der Waals surface area (Å²) in [4.78, 5) is 60.3. The van der Waals surface area contributed by atoms with Gasteiger partial charge in [-0.15, -0.1) is 0 Å². The Balaban J connectivity index is 0.00000108. The molecule has 0 aliphatic carbocycles. The van der Waals surface area contributed by atoms with Gasteiger partial charge in [-0.05, 0) is 134 Å². The number of esters is 2. The van der Waals surface area contributed by atoms with Gasteiger partial charge < -0.3 is 45.4 Å². The van der Waals surface area contributed by atoms with Crippen LogP contribution in [0, 0.1) is 0 Å². The first-order valence-corrected chi connectivity index (χ1v) is 17.9. The Morgan fingerprint density at radius 1 is 0.577 bits per heavy atom. The highest BCUT2D eigenvalue weighted by atomic mass is 16.6. The summed E-state index contributed by atoms with van der Waals surface area (Å²) in [6.07, 6.45) is 1.75. The third-order valence-electron chi connectivity index (χ3n) is 6.11. The summed E-state index contributed by atoms with van der Waals surface area (Å²) in [6, 6.07) is 7.85. The van der Waals surface area contributed by atoms with Crippen LogP contribution in [-0.4, -0.2) is 77.8 Å². The molecule has 0 aliphatic heterocycles. The van der Waals surface area contributed by atoms with Gasteiger partial charge >= 0.3 is 30.2 Å². The van der Waals surface area contributed by atoms with Crippen molar-refractivity contribution in [3.63, 3.8) is 0 Å². The van der Waals surface area contributed by atoms with Crippen LogP contribution < -0.4 is 21.7 Å². The predicted molar refractivity (Wildman–Crippen MR) is 199 cm³/mol. The summed E-state index contributed by atoms with van der Waals surface area (Å²) in [5.41, 5.74) is 3.80. The number of nitrogens with one attached hydrogen (secondary N) is 3. The second kappa shape index (κ2) is 22.8. The second-order valence-electron chi connectivity index (χ2n) is 16.2. The summed E-state index contributed by atoms with van der Waals surface area (Å²) in [7, 11) is 0. The lowest BCUT2D eigenvalue weighted by molar-refractivity contribution is -0.158. The smallest absolute Gasteiger partial charge is 0.408 e. The molecule has 14 heteroatoms. The lowest BCUT2D eigenvalue weighted by atomic mass is 10.1. The number of carbonyl (C=O) groups is 5. The molecule has 14 nitrogen and oxygen atoms in total. The molecule has 0 bridgehead atoms. The van der Waals surface area contributed by atoms with Crippen molar-refractivity contribution in [2.45, 2.75) is 163 Å². The first-order chi connectivity index (χ1) is 23.8. The van der Waals surface area contributed by atoms with Crippen molar-refractivity contribution in [1.82, 2.24) is 16.0 Å². The van der Waals surface area contributed by atoms with Crippen LogP contribution in [0.25, 0.3) is 0 Å². The molecular weight excluding hydrogens is 672 g/mol. The van der Waals surface area contributed by atoms with Gasteiger partial charge in [0, 0.05) is 6.54 Å². The van der Waals surface area contributed by atoms with Crippen LogP contribution in [0.1, 0.15) is 127 Å². The van der Waals surface area contributed by atoms with Gasteiger partial charge in [0.05, 0.1) is 0 Å². The molecule has 0 heterocycles. The maximum absolute atomic E-state index is 12.5. The van der Waals surface area contributed by atoms with E-state index in [1.54, 1.807) is 83.1 Å². The van der Waals surface area contributed by atoms with E-state index in [1.807, 2.05) is 30.3 Å². The van der Waals surface area contributed by atoms with E-state index in [0.717, 1.165) is 18.4 Å². The van der Waals surface area contributed by atoms with Crippen molar-refractivity contribution >= 4 is 30.2 Å². The fourth-order valence-corrected chi connectivity index (χ4v) is 4.07. The summed E-state index contributed by atoms with van der Waals surface area (Å²) in [5.74, 6) is -0.973. The Hall–Kier alpha value is -4.07. The number of nitrogens with two attached hydrogens (primary N) is 1. The number of benzene rings is 1. The molecule has 0 fully saturated rings. The number of rotatable bonds is 15. The van der Waals surface area contributed by atoms with Crippen molar-refractivity contribution < 1.29 is 47.7 Å². The van der Waals surface area contributed by atoms with E-state index in [9.17, 15) is 24.0 Å². The number of unbranched alkanes of at least 4 members (excludes halogenated alkanes) is 2. The first-order valence-electron chi connectivity index (χ1n) is 17.9. The van der Waals surface area contributed by atoms with E-state index in [0.29, 0.717) is 38.8 Å². The molecular formula is C38H66N4O10. The minimum absolute atomic E-state index is 0.202. The molecule has 0 saturated heterocycles. The third kappa shape index (κ3) is 27.6. The van der Waals surface area contributed by atoms with Gasteiger partial charge in [0.2, 0.25) is 0 Å². The van der Waals surface area contributed by atoms with Crippen molar-refractivity contribution in [3.05, 3.63) is 35.9 Å². The zero-order valence-corrected chi connectivity index (χ0v) is 33.6. The predicted octanol–water partition coefficient (Wildman–Crippen LogP) is 6.67. The largest absolute Gasteiger partial charge is 0.458 e. The number of alkyl carbamates (subject to hydrolysis) is 3. The van der Waals surface area contributed by atoms with Gasteiger partial charge in [0.1, 0.15) is 41.1 Å². The Kier molecular flexibility index (Phi) is 21.0. The van der Waals surface area contributed by atoms with Gasteiger partial charge in [-0.3, -0.25) is 0 Å². The van der Waals surface area contributed by atoms with Gasteiger partial charge in [-0.2, -0.15) is 0 Å². The standard InChI is InChI=1S/C23H36N2O6.C15H30N2O4/c1-22(2,3)30-19(26)18(25-21(28)31-23(4,5)6)14-10-11-15-24-20(27)29-16-17-12-8-7-9-13-17;1-14(2,3)20-12(18)11(9-7-8-10-16)17-13(19)21-15(4,5)6/h7-9,12-13,18H,10-11,14-16H2,1-6H3,(H,24,27)(H,25,28);11H,7-10,16H2,1-6H3,(H,17,19)/t18-;11-/m00/s1. The quantitative estimate of drug-likeness (QED) is 0.0853. The minimum atomic E-state index is -0.834. The van der Waals surface area contributed by atoms with Crippen LogP contribution >= 0.6 is 0 Å². The fourth-order valence-electron chi connectivity index (χ4n) is 4.07. The topological polar surface area (TPSA) is 194 Å². The van der Waals surface area contributed by atoms with E-state index >= 15 is 0 Å². The molecule has 0 saturated carbocycles. The number of hydrogen-bond acceptors (Lipinski definition) is 11. The SMILES string of the molecule is CC(C)(C)OC(=O)N[C@@H](CCCCN)C(=O)OC(C)(C)C.CC(C)(C)OC(=O)N[C@@H](CCCCNC(=O)OCc1ccccc1)C(=O)OC(C)(C)C. The summed E-state index contributed by atoms with van der Waals surface area (Å²) < 4.78 is 26.3. The highest BCUT2D eigenvalue weighted by Gasteiger charge is 2.29. The van der Waals surface area contributed by atoms with E-state index in [4.69, 9.17) is 29.4 Å². The van der Waals surface area contributed by atoms with Crippen molar-refractivity contribution in [3.8, 4) is 0 Å². The van der Waals surface area contributed by atoms with E-state index in [2.05, 4.69) is 16.0 Å². The van der Waals surface area contributed by atoms with Gasteiger partial charge in [0.15, 0.2) is 0 Å². The number of carbonyl (C=O) groups excluding carboxylic acids is 5. The third-order valence-corrected chi connectivity index (χ3v) is 6.11. The maximum atomic E-state index is 12.5. The fraction of sp³-hybridized carbons (Fsp3) is 0.711. The summed E-state index contributed by atoms with van der Waals surface area (Å²) in [5, 5.41) is 7.84. The molecule has 1 aromatic carbocycles. The minimum Gasteiger partial charge on any atom is -0.458 e. The molecule has 298 valence electrons. The molecule has 3 amide bonds. The summed E-state index contributed by atoms with van der Waals surface area (Å²) in [6.45, 7) is 22.3. The molecule has 52 heavy (non-hydrogen) atoms. The zero-order valence-electron chi connectivity index (χ0n) is 33.6. The number of ether oxygens (including phenoxy) is 5. The second-order valence-corrected chi connectivity index (χ2v) is 16.2. The van der Waals surface area contributed by atoms with E-state index in [-0.39, 0.29) is 6.61 Å². The monoisotopic (exact) mass is 738 g/mol. The van der Waals surface area contributed by atoms with Gasteiger partial charge in [-0.25, -0.2) is 24.0 Å². The average Bonchev–Trinajstić information content (AvgIpc) is 2.96. The Bertz CT molecular complexity index is 1230. The van der Waals surface area contributed by atoms with E-state index < -0.39 is 64.7 Å². The van der Waals surface area contributed by atoms with E-state index in [1.165, 1.54) is 0 Å². The molecule has 5 N–H and O–H groups in total. The van der Waals surface area contributed by atoms with Crippen molar-refractivity contribution in [2.24, 2.45) is 5.73 Å². The van der Waals surface area contributed by atoms with Crippen LogP contribution in [0.5, 0.6) is 0 Å². The molecule has 0 spiro atoms. The molecule has 0 unspecified atom stereocenters. The first kappa shape index (κ1) is 47.9. The Labute approximate surface area is 310 Å². The highest BCUT2D eigenvalue weighted by Crippen LogP contribution is 2.15. The average molecular weight is 739 g/mol. The van der Waals surface area contributed by atoms with Crippen LogP contribution in [0.3, 0.4) is 0 Å². The Morgan fingerprint density at radius 3 is 1.37 bits per heavy atom. The lowest BCUT2D eigenvalue weighted by Crippen LogP contribution is -2.46. The van der Waals surface area contributed by atoms with Crippen molar-refractivity contribution in [2.75, 3.05) is 13.1 Å².